The van der Waals surface area contributed by atoms with E-state index in [-0.39, 0.29) is 0 Å². The number of hydrogen-bond acceptors (Lipinski definition) is 1. The van der Waals surface area contributed by atoms with Gasteiger partial charge in [0, 0.05) is 11.8 Å². The zero-order valence-corrected chi connectivity index (χ0v) is 7.65. The summed E-state index contributed by atoms with van der Waals surface area (Å²) in [5.41, 5.74) is 0. The number of carbonyl (C=O) groups is 1. The zero-order valence-electron chi connectivity index (χ0n) is 7.65. The van der Waals surface area contributed by atoms with Crippen molar-refractivity contribution < 1.29 is 4.79 Å². The van der Waals surface area contributed by atoms with E-state index in [4.69, 9.17) is 0 Å². The number of carbonyl (C=O) groups excluding carboxylic acids is 1. The van der Waals surface area contributed by atoms with Crippen LogP contribution in [0.4, 0.5) is 0 Å². The van der Waals surface area contributed by atoms with Gasteiger partial charge in [0.15, 0.2) is 0 Å². The number of ketones is 1. The molecular formula is C12H14O. The Morgan fingerprint density at radius 2 is 1.54 bits per heavy atom. The van der Waals surface area contributed by atoms with Crippen LogP contribution in [0.2, 0.25) is 0 Å². The van der Waals surface area contributed by atoms with Crippen LogP contribution in [0.3, 0.4) is 0 Å². The molecule has 8 atom stereocenters. The molecule has 0 amide bonds. The third-order valence-corrected chi connectivity index (χ3v) is 6.31. The maximum Gasteiger partial charge on any atom is 0.140 e. The molecule has 0 heterocycles. The normalized spacial score (nSPS) is 74.9. The Bertz CT molecular complexity index is 332. The van der Waals surface area contributed by atoms with Crippen LogP contribution in [0.15, 0.2) is 0 Å². The molecule has 0 aromatic carbocycles. The molecule has 1 heteroatoms. The Hall–Kier alpha value is -0.330. The highest BCUT2D eigenvalue weighted by molar-refractivity contribution is 5.91. The molecule has 0 aliphatic heterocycles. The van der Waals surface area contributed by atoms with E-state index < -0.39 is 0 Å². The third kappa shape index (κ3) is 0.393. The highest BCUT2D eigenvalue weighted by Gasteiger charge is 2.77. The first kappa shape index (κ1) is 6.21. The number of fused-ring (bicyclic) bond motifs is 1. The second-order valence-electron chi connectivity index (χ2n) is 6.08. The smallest absolute Gasteiger partial charge is 0.140 e. The van der Waals surface area contributed by atoms with E-state index in [0.717, 1.165) is 41.3 Å². The molecule has 0 spiro atoms. The van der Waals surface area contributed by atoms with Crippen molar-refractivity contribution in [3.63, 3.8) is 0 Å². The Morgan fingerprint density at radius 1 is 0.846 bits per heavy atom. The summed E-state index contributed by atoms with van der Waals surface area (Å²) >= 11 is 0. The van der Waals surface area contributed by atoms with E-state index in [9.17, 15) is 4.79 Å². The van der Waals surface area contributed by atoms with Crippen LogP contribution in [-0.2, 0) is 4.79 Å². The standard InChI is InChI=1S/C12H14O/c13-12-10-5-2-1-4-6-3-7(8(4)10)11(12)9(5)6/h4-11H,1-3H2. The topological polar surface area (TPSA) is 17.1 Å². The lowest BCUT2D eigenvalue weighted by atomic mass is 9.53. The number of hydrogen-bond donors (Lipinski definition) is 0. The van der Waals surface area contributed by atoms with E-state index in [2.05, 4.69) is 0 Å². The molecule has 8 unspecified atom stereocenters. The molecule has 0 radical (unpaired) electrons. The largest absolute Gasteiger partial charge is 0.299 e. The monoisotopic (exact) mass is 174 g/mol. The molecule has 0 aromatic rings. The van der Waals surface area contributed by atoms with E-state index in [1.807, 2.05) is 0 Å². The fourth-order valence-corrected chi connectivity index (χ4v) is 6.46. The quantitative estimate of drug-likeness (QED) is 0.546. The van der Waals surface area contributed by atoms with Crippen molar-refractivity contribution in [3.05, 3.63) is 0 Å². The lowest BCUT2D eigenvalue weighted by molar-refractivity contribution is -0.123. The molecule has 13 heavy (non-hydrogen) atoms. The second kappa shape index (κ2) is 1.51. The summed E-state index contributed by atoms with van der Waals surface area (Å²) in [4.78, 5) is 12.1. The first-order valence-corrected chi connectivity index (χ1v) is 5.91. The third-order valence-electron chi connectivity index (χ3n) is 6.31. The summed E-state index contributed by atoms with van der Waals surface area (Å²) in [7, 11) is 0. The summed E-state index contributed by atoms with van der Waals surface area (Å²) in [6.07, 6.45) is 4.33. The van der Waals surface area contributed by atoms with Gasteiger partial charge in [-0.1, -0.05) is 0 Å². The molecule has 0 aromatic heterocycles. The molecule has 0 N–H and O–H groups in total. The van der Waals surface area contributed by atoms with Gasteiger partial charge >= 0.3 is 0 Å². The maximum atomic E-state index is 12.1. The molecule has 6 saturated carbocycles. The number of rotatable bonds is 0. The van der Waals surface area contributed by atoms with Crippen molar-refractivity contribution >= 4 is 5.78 Å². The fraction of sp³-hybridized carbons (Fsp3) is 0.917. The highest BCUT2D eigenvalue weighted by Crippen LogP contribution is 2.78. The molecule has 6 fully saturated rings. The van der Waals surface area contributed by atoms with Crippen LogP contribution in [0.1, 0.15) is 19.3 Å². The predicted octanol–water partition coefficient (Wildman–Crippen LogP) is 1.72. The Labute approximate surface area is 77.9 Å². The van der Waals surface area contributed by atoms with Gasteiger partial charge in [0.2, 0.25) is 0 Å². The van der Waals surface area contributed by atoms with Crippen LogP contribution in [0.5, 0.6) is 0 Å². The fourth-order valence-electron chi connectivity index (χ4n) is 6.46. The first-order valence-electron chi connectivity index (χ1n) is 5.91. The van der Waals surface area contributed by atoms with Crippen molar-refractivity contribution in [1.29, 1.82) is 0 Å². The zero-order chi connectivity index (χ0) is 8.32. The number of Topliss-reactive ketones (excluding diaryl/α,β-unsaturated/α-hetero) is 1. The van der Waals surface area contributed by atoms with Crippen molar-refractivity contribution in [2.24, 2.45) is 47.3 Å². The minimum atomic E-state index is 0.581. The SMILES string of the molecule is O=C1C2C3CC4C5CCC(C1C53)C42. The lowest BCUT2D eigenvalue weighted by Gasteiger charge is -2.51. The van der Waals surface area contributed by atoms with Gasteiger partial charge in [-0.3, -0.25) is 4.79 Å². The Morgan fingerprint density at radius 3 is 2.38 bits per heavy atom. The van der Waals surface area contributed by atoms with Crippen molar-refractivity contribution in [1.82, 2.24) is 0 Å². The average Bonchev–Trinajstić information content (AvgIpc) is 2.79. The van der Waals surface area contributed by atoms with E-state index in [1.54, 1.807) is 0 Å². The summed E-state index contributed by atoms with van der Waals surface area (Å²) in [6.45, 7) is 0. The van der Waals surface area contributed by atoms with Crippen molar-refractivity contribution in [2.45, 2.75) is 19.3 Å². The highest BCUT2D eigenvalue weighted by atomic mass is 16.1. The average molecular weight is 174 g/mol. The van der Waals surface area contributed by atoms with E-state index in [1.165, 1.54) is 19.3 Å². The lowest BCUT2D eigenvalue weighted by Crippen LogP contribution is -2.47. The first-order chi connectivity index (χ1) is 6.38. The van der Waals surface area contributed by atoms with E-state index in [0.29, 0.717) is 11.8 Å². The van der Waals surface area contributed by atoms with Crippen molar-refractivity contribution in [3.8, 4) is 0 Å². The molecule has 68 valence electrons. The molecule has 6 rings (SSSR count). The van der Waals surface area contributed by atoms with Crippen LogP contribution >= 0.6 is 0 Å². The molecular weight excluding hydrogens is 160 g/mol. The second-order valence-corrected chi connectivity index (χ2v) is 6.08. The van der Waals surface area contributed by atoms with Crippen molar-refractivity contribution in [2.75, 3.05) is 0 Å². The van der Waals surface area contributed by atoms with Gasteiger partial charge in [-0.05, 0) is 54.8 Å². The van der Waals surface area contributed by atoms with Gasteiger partial charge in [-0.25, -0.2) is 0 Å². The van der Waals surface area contributed by atoms with Gasteiger partial charge in [0.05, 0.1) is 0 Å². The van der Waals surface area contributed by atoms with Gasteiger partial charge < -0.3 is 0 Å². The minimum Gasteiger partial charge on any atom is -0.299 e. The van der Waals surface area contributed by atoms with Crippen LogP contribution in [0, 0.1) is 47.3 Å². The van der Waals surface area contributed by atoms with Gasteiger partial charge in [-0.15, -0.1) is 0 Å². The maximum absolute atomic E-state index is 12.1. The van der Waals surface area contributed by atoms with Crippen LogP contribution in [0.25, 0.3) is 0 Å². The van der Waals surface area contributed by atoms with Crippen LogP contribution in [-0.4, -0.2) is 5.78 Å². The Kier molecular flexibility index (Phi) is 0.721. The molecule has 0 saturated heterocycles. The summed E-state index contributed by atoms with van der Waals surface area (Å²) < 4.78 is 0. The Balaban J connectivity index is 1.86. The molecule has 6 bridgehead atoms. The van der Waals surface area contributed by atoms with Gasteiger partial charge in [-0.2, -0.15) is 0 Å². The predicted molar refractivity (Wildman–Crippen MR) is 46.8 cm³/mol. The summed E-state index contributed by atoms with van der Waals surface area (Å²) in [5.74, 6) is 7.45. The van der Waals surface area contributed by atoms with Gasteiger partial charge in [0.25, 0.3) is 0 Å². The molecule has 6 aliphatic carbocycles. The van der Waals surface area contributed by atoms with Crippen LogP contribution < -0.4 is 0 Å². The van der Waals surface area contributed by atoms with E-state index >= 15 is 0 Å². The minimum absolute atomic E-state index is 0.581. The summed E-state index contributed by atoms with van der Waals surface area (Å²) in [6, 6.07) is 0. The van der Waals surface area contributed by atoms with Gasteiger partial charge in [0.1, 0.15) is 5.78 Å². The molecule has 6 aliphatic rings. The summed E-state index contributed by atoms with van der Waals surface area (Å²) in [5, 5.41) is 0. The molecule has 1 nitrogen and oxygen atoms in total.